The Kier molecular flexibility index (Phi) is 6.95. The molecule has 1 amide bonds. The Balaban J connectivity index is 1.45. The highest BCUT2D eigenvalue weighted by molar-refractivity contribution is 14.1. The SMILES string of the molecule is CC(O)[C@H]1C(=O)N2C(C(=O)[O-])=C(COc3ccc(C[n+]4ccn(CCC#N)c4)cc3I)C(C)[C@H]12. The number of ether oxygens (including phenoxy) is 1. The first-order valence-corrected chi connectivity index (χ1v) is 12.1. The van der Waals surface area contributed by atoms with Crippen LogP contribution in [0.3, 0.4) is 0 Å². The zero-order chi connectivity index (χ0) is 24.6. The Morgan fingerprint density at radius 3 is 2.85 bits per heavy atom. The summed E-state index contributed by atoms with van der Waals surface area (Å²) in [7, 11) is 0. The molecule has 1 fully saturated rings. The second-order valence-electron chi connectivity index (χ2n) is 8.70. The Labute approximate surface area is 211 Å². The van der Waals surface area contributed by atoms with Crippen LogP contribution < -0.4 is 14.4 Å². The van der Waals surface area contributed by atoms with Crippen molar-refractivity contribution in [2.45, 2.75) is 45.5 Å². The number of aliphatic hydroxyl groups is 1. The molecule has 2 unspecified atom stereocenters. The summed E-state index contributed by atoms with van der Waals surface area (Å²) in [5.74, 6) is -2.06. The van der Waals surface area contributed by atoms with Crippen LogP contribution in [0.25, 0.3) is 0 Å². The average molecular weight is 576 g/mol. The number of fused-ring (bicyclic) bond motifs is 1. The van der Waals surface area contributed by atoms with Crippen LogP contribution in [0.1, 0.15) is 25.8 Å². The van der Waals surface area contributed by atoms with Gasteiger partial charge in [-0.3, -0.25) is 4.79 Å². The van der Waals surface area contributed by atoms with Crippen molar-refractivity contribution >= 4 is 34.5 Å². The highest BCUT2D eigenvalue weighted by Crippen LogP contribution is 2.47. The van der Waals surface area contributed by atoms with Crippen LogP contribution in [-0.2, 0) is 22.7 Å². The number of carbonyl (C=O) groups is 2. The number of β-lactam (4-membered cyclic amide) rings is 1. The van der Waals surface area contributed by atoms with Crippen LogP contribution in [-0.4, -0.2) is 45.2 Å². The third kappa shape index (κ3) is 4.42. The Bertz CT molecular complexity index is 1200. The molecule has 34 heavy (non-hydrogen) atoms. The van der Waals surface area contributed by atoms with Gasteiger partial charge < -0.3 is 24.6 Å². The molecule has 3 heterocycles. The number of nitrogens with zero attached hydrogens (tertiary/aromatic N) is 4. The fourth-order valence-corrected chi connectivity index (χ4v) is 5.53. The summed E-state index contributed by atoms with van der Waals surface area (Å²) in [6.07, 6.45) is 5.44. The van der Waals surface area contributed by atoms with Gasteiger partial charge in [-0.1, -0.05) is 13.0 Å². The molecule has 0 spiro atoms. The van der Waals surface area contributed by atoms with E-state index in [0.29, 0.717) is 30.8 Å². The molecule has 1 aromatic heterocycles. The monoisotopic (exact) mass is 576 g/mol. The maximum Gasteiger partial charge on any atom is 0.244 e. The molecule has 178 valence electrons. The normalized spacial score (nSPS) is 22.3. The number of amides is 1. The lowest BCUT2D eigenvalue weighted by atomic mass is 9.78. The summed E-state index contributed by atoms with van der Waals surface area (Å²) in [5.41, 5.74) is 1.43. The van der Waals surface area contributed by atoms with E-state index in [1.54, 1.807) is 6.92 Å². The first-order valence-electron chi connectivity index (χ1n) is 11.0. The van der Waals surface area contributed by atoms with Crippen LogP contribution in [0.4, 0.5) is 0 Å². The number of rotatable bonds is 9. The lowest BCUT2D eigenvalue weighted by Crippen LogP contribution is -2.64. The largest absolute Gasteiger partial charge is 0.543 e. The number of aliphatic carboxylic acids is 1. The second-order valence-corrected chi connectivity index (χ2v) is 9.86. The van der Waals surface area contributed by atoms with E-state index in [2.05, 4.69) is 28.7 Å². The molecule has 4 atom stereocenters. The van der Waals surface area contributed by atoms with Crippen LogP contribution in [0.5, 0.6) is 5.75 Å². The van der Waals surface area contributed by atoms with Crippen molar-refractivity contribution in [3.8, 4) is 11.8 Å². The van der Waals surface area contributed by atoms with E-state index in [-0.39, 0.29) is 24.1 Å². The first kappa shape index (κ1) is 24.2. The lowest BCUT2D eigenvalue weighted by Gasteiger charge is -2.47. The molecule has 10 heteroatoms. The first-order chi connectivity index (χ1) is 16.2. The number of aliphatic hydroxyl groups excluding tert-OH is 1. The maximum absolute atomic E-state index is 12.4. The number of carbonyl (C=O) groups excluding carboxylic acids is 2. The van der Waals surface area contributed by atoms with Crippen molar-refractivity contribution in [1.82, 2.24) is 9.47 Å². The van der Waals surface area contributed by atoms with Crippen molar-refractivity contribution in [2.24, 2.45) is 11.8 Å². The van der Waals surface area contributed by atoms with Gasteiger partial charge in [-0.15, -0.1) is 0 Å². The third-order valence-electron chi connectivity index (χ3n) is 6.48. The van der Waals surface area contributed by atoms with E-state index in [1.165, 1.54) is 4.90 Å². The van der Waals surface area contributed by atoms with Crippen LogP contribution in [0, 0.1) is 26.7 Å². The lowest BCUT2D eigenvalue weighted by molar-refractivity contribution is -0.687. The molecule has 0 saturated carbocycles. The molecule has 2 aliphatic rings. The Morgan fingerprint density at radius 1 is 1.44 bits per heavy atom. The molecule has 1 N–H and O–H groups in total. The number of hydrogen-bond donors (Lipinski definition) is 1. The summed E-state index contributed by atoms with van der Waals surface area (Å²) in [6.45, 7) is 4.72. The molecule has 4 rings (SSSR count). The van der Waals surface area contributed by atoms with Crippen molar-refractivity contribution in [3.05, 3.63) is 57.3 Å². The fraction of sp³-hybridized carbons (Fsp3) is 0.417. The summed E-state index contributed by atoms with van der Waals surface area (Å²) in [6, 6.07) is 7.54. The zero-order valence-corrected chi connectivity index (χ0v) is 21.0. The van der Waals surface area contributed by atoms with Gasteiger partial charge in [0.15, 0.2) is 0 Å². The molecule has 1 saturated heterocycles. The molecule has 0 bridgehead atoms. The van der Waals surface area contributed by atoms with Gasteiger partial charge in [0.2, 0.25) is 12.2 Å². The number of benzene rings is 1. The number of nitriles is 1. The van der Waals surface area contributed by atoms with E-state index < -0.39 is 24.0 Å². The second kappa shape index (κ2) is 9.76. The number of halogens is 1. The van der Waals surface area contributed by atoms with Gasteiger partial charge in [-0.2, -0.15) is 5.26 Å². The predicted molar refractivity (Wildman–Crippen MR) is 126 cm³/mol. The number of aromatic nitrogens is 2. The molecule has 0 radical (unpaired) electrons. The van der Waals surface area contributed by atoms with Gasteiger partial charge in [0.05, 0.1) is 45.8 Å². The van der Waals surface area contributed by atoms with Crippen molar-refractivity contribution < 1.29 is 29.1 Å². The highest BCUT2D eigenvalue weighted by atomic mass is 127. The number of hydrogen-bond acceptors (Lipinski definition) is 6. The van der Waals surface area contributed by atoms with E-state index in [0.717, 1.165) is 9.13 Å². The van der Waals surface area contributed by atoms with E-state index in [4.69, 9.17) is 10.00 Å². The number of carboxylic acids is 1. The van der Waals surface area contributed by atoms with Crippen LogP contribution in [0.2, 0.25) is 0 Å². The topological polar surface area (TPSA) is 122 Å². The molecule has 2 aromatic rings. The molecular formula is C24H25IN4O5. The maximum atomic E-state index is 12.4. The fourth-order valence-electron chi connectivity index (χ4n) is 4.79. The van der Waals surface area contributed by atoms with E-state index in [1.807, 2.05) is 53.0 Å². The van der Waals surface area contributed by atoms with Gasteiger partial charge in [-0.05, 0) is 52.8 Å². The summed E-state index contributed by atoms with van der Waals surface area (Å²) >= 11 is 2.18. The quantitative estimate of drug-likeness (QED) is 0.265. The standard InChI is InChI=1S/C24H25IN4O5/c1-14-17(22(24(32)33)29-21(14)20(15(2)30)23(29)31)12-34-19-5-4-16(10-18(19)25)11-28-9-8-27(13-28)7-3-6-26/h4-5,8-10,13-15,20-21,30H,3,7,11-12H2,1-2H3/t14?,15?,20-,21-/m1/s1. The smallest absolute Gasteiger partial charge is 0.244 e. The summed E-state index contributed by atoms with van der Waals surface area (Å²) < 4.78 is 10.9. The van der Waals surface area contributed by atoms with Crippen LogP contribution in [0.15, 0.2) is 48.2 Å². The molecular weight excluding hydrogens is 551 g/mol. The van der Waals surface area contributed by atoms with E-state index in [9.17, 15) is 19.8 Å². The van der Waals surface area contributed by atoms with Gasteiger partial charge in [0, 0.05) is 5.92 Å². The Morgan fingerprint density at radius 2 is 2.21 bits per heavy atom. The third-order valence-corrected chi connectivity index (χ3v) is 7.32. The zero-order valence-electron chi connectivity index (χ0n) is 18.8. The number of carboxylic acid groups (broad SMARTS) is 1. The van der Waals surface area contributed by atoms with Gasteiger partial charge >= 0.3 is 0 Å². The summed E-state index contributed by atoms with van der Waals surface area (Å²) in [4.78, 5) is 25.5. The molecule has 1 aromatic carbocycles. The number of aryl methyl sites for hydroxylation is 1. The van der Waals surface area contributed by atoms with Crippen molar-refractivity contribution in [2.75, 3.05) is 6.61 Å². The minimum absolute atomic E-state index is 0.0170. The highest BCUT2D eigenvalue weighted by Gasteiger charge is 2.58. The average Bonchev–Trinajstić information content (AvgIpc) is 3.31. The minimum Gasteiger partial charge on any atom is -0.543 e. The van der Waals surface area contributed by atoms with Gasteiger partial charge in [-0.25, -0.2) is 9.13 Å². The summed E-state index contributed by atoms with van der Waals surface area (Å²) in [5, 5.41) is 30.5. The van der Waals surface area contributed by atoms with Crippen molar-refractivity contribution in [1.29, 1.82) is 5.26 Å². The molecule has 0 aliphatic carbocycles. The van der Waals surface area contributed by atoms with E-state index >= 15 is 0 Å². The minimum atomic E-state index is -1.41. The van der Waals surface area contributed by atoms with Crippen LogP contribution >= 0.6 is 22.6 Å². The molecule has 2 aliphatic heterocycles. The van der Waals surface area contributed by atoms with Crippen molar-refractivity contribution in [3.63, 3.8) is 0 Å². The van der Waals surface area contributed by atoms with Gasteiger partial charge in [0.1, 0.15) is 37.8 Å². The Hall–Kier alpha value is -2.91. The predicted octanol–water partition coefficient (Wildman–Crippen LogP) is 0.582. The van der Waals surface area contributed by atoms with Gasteiger partial charge in [0.25, 0.3) is 0 Å². The number of imidazole rings is 1. The molecule has 9 nitrogen and oxygen atoms in total.